The van der Waals surface area contributed by atoms with Crippen molar-refractivity contribution in [3.8, 4) is 0 Å². The highest BCUT2D eigenvalue weighted by Crippen LogP contribution is 2.37. The molecule has 1 saturated heterocycles. The summed E-state index contributed by atoms with van der Waals surface area (Å²) in [5.41, 5.74) is 0.672. The van der Waals surface area contributed by atoms with Crippen molar-refractivity contribution in [2.45, 2.75) is 30.6 Å². The zero-order valence-corrected chi connectivity index (χ0v) is 11.5. The lowest BCUT2D eigenvalue weighted by atomic mass is 9.90. The first kappa shape index (κ1) is 13.1. The van der Waals surface area contributed by atoms with Crippen molar-refractivity contribution < 1.29 is 5.11 Å². The zero-order valence-electron chi connectivity index (χ0n) is 9.95. The number of para-hydroxylation sites is 1. The number of thioether (sulfide) groups is 1. The number of hydrogen-bond donors (Lipinski definition) is 2. The Bertz CT molecular complexity index is 387. The van der Waals surface area contributed by atoms with Gasteiger partial charge >= 0.3 is 0 Å². The van der Waals surface area contributed by atoms with Crippen LogP contribution in [0.15, 0.2) is 24.3 Å². The van der Waals surface area contributed by atoms with E-state index in [4.69, 9.17) is 11.6 Å². The van der Waals surface area contributed by atoms with E-state index in [0.29, 0.717) is 10.3 Å². The quantitative estimate of drug-likeness (QED) is 0.884. The molecule has 0 saturated carbocycles. The summed E-state index contributed by atoms with van der Waals surface area (Å²) in [6, 6.07) is 7.71. The maximum Gasteiger partial charge on any atom is 0.0720 e. The average Bonchev–Trinajstić information content (AvgIpc) is 2.35. The van der Waals surface area contributed by atoms with Gasteiger partial charge in [0.15, 0.2) is 0 Å². The molecule has 1 heterocycles. The van der Waals surface area contributed by atoms with E-state index in [1.165, 1.54) is 5.75 Å². The Morgan fingerprint density at radius 3 is 2.94 bits per heavy atom. The molecular weight excluding hydrogens is 254 g/mol. The lowest BCUT2D eigenvalue weighted by Gasteiger charge is -2.42. The summed E-state index contributed by atoms with van der Waals surface area (Å²) >= 11 is 8.07. The van der Waals surface area contributed by atoms with Crippen LogP contribution in [-0.4, -0.2) is 28.3 Å². The van der Waals surface area contributed by atoms with Crippen LogP contribution in [0.5, 0.6) is 0 Å². The Morgan fingerprint density at radius 1 is 1.53 bits per heavy atom. The van der Waals surface area contributed by atoms with Crippen molar-refractivity contribution in [3.05, 3.63) is 29.3 Å². The Hall–Kier alpha value is -0.380. The molecule has 94 valence electrons. The SMILES string of the molecule is CC1SCCCC1(CO)Nc1ccccc1Cl. The Kier molecular flexibility index (Phi) is 4.23. The van der Waals surface area contributed by atoms with E-state index in [0.717, 1.165) is 18.5 Å². The van der Waals surface area contributed by atoms with Crippen LogP contribution in [0.4, 0.5) is 5.69 Å². The van der Waals surface area contributed by atoms with E-state index in [1.54, 1.807) is 0 Å². The van der Waals surface area contributed by atoms with E-state index in [2.05, 4.69) is 12.2 Å². The monoisotopic (exact) mass is 271 g/mol. The van der Waals surface area contributed by atoms with Crippen LogP contribution in [0.25, 0.3) is 0 Å². The minimum Gasteiger partial charge on any atom is -0.394 e. The van der Waals surface area contributed by atoms with E-state index in [9.17, 15) is 5.11 Å². The van der Waals surface area contributed by atoms with Gasteiger partial charge < -0.3 is 10.4 Å². The molecule has 0 spiro atoms. The number of hydrogen-bond acceptors (Lipinski definition) is 3. The molecular formula is C13H18ClNOS. The number of aliphatic hydroxyl groups excluding tert-OH is 1. The molecule has 0 aliphatic carbocycles. The molecule has 4 heteroatoms. The normalized spacial score (nSPS) is 29.0. The van der Waals surface area contributed by atoms with E-state index in [1.807, 2.05) is 36.0 Å². The number of rotatable bonds is 3. The van der Waals surface area contributed by atoms with Crippen LogP contribution in [0.1, 0.15) is 19.8 Å². The fraction of sp³-hybridized carbons (Fsp3) is 0.538. The number of aliphatic hydroxyl groups is 1. The van der Waals surface area contributed by atoms with Crippen molar-refractivity contribution in [1.29, 1.82) is 0 Å². The number of anilines is 1. The van der Waals surface area contributed by atoms with Crippen molar-refractivity contribution in [1.82, 2.24) is 0 Å². The third-order valence-corrected chi connectivity index (χ3v) is 5.26. The van der Waals surface area contributed by atoms with Crippen LogP contribution < -0.4 is 5.32 Å². The van der Waals surface area contributed by atoms with Crippen molar-refractivity contribution in [3.63, 3.8) is 0 Å². The molecule has 2 rings (SSSR count). The Labute approximate surface area is 112 Å². The largest absolute Gasteiger partial charge is 0.394 e. The molecule has 0 amide bonds. The third kappa shape index (κ3) is 2.72. The molecule has 0 bridgehead atoms. The van der Waals surface area contributed by atoms with Gasteiger partial charge in [0, 0.05) is 5.25 Å². The van der Waals surface area contributed by atoms with E-state index < -0.39 is 0 Å². The van der Waals surface area contributed by atoms with Gasteiger partial charge in [-0.3, -0.25) is 0 Å². The summed E-state index contributed by atoms with van der Waals surface area (Å²) < 4.78 is 0. The van der Waals surface area contributed by atoms with Crippen molar-refractivity contribution >= 4 is 29.1 Å². The number of nitrogens with one attached hydrogen (secondary N) is 1. The van der Waals surface area contributed by atoms with E-state index >= 15 is 0 Å². The highest BCUT2D eigenvalue weighted by Gasteiger charge is 2.38. The molecule has 0 aromatic heterocycles. The third-order valence-electron chi connectivity index (χ3n) is 3.45. The highest BCUT2D eigenvalue weighted by molar-refractivity contribution is 8.00. The first-order chi connectivity index (χ1) is 8.18. The maximum atomic E-state index is 9.75. The van der Waals surface area contributed by atoms with Gasteiger partial charge in [-0.2, -0.15) is 11.8 Å². The zero-order chi connectivity index (χ0) is 12.3. The second-order valence-corrected chi connectivity index (χ2v) is 6.39. The molecule has 1 aliphatic rings. The summed E-state index contributed by atoms with van der Waals surface area (Å²) in [6.45, 7) is 2.32. The molecule has 1 aromatic rings. The molecule has 2 N–H and O–H groups in total. The van der Waals surface area contributed by atoms with Crippen LogP contribution in [-0.2, 0) is 0 Å². The maximum absolute atomic E-state index is 9.75. The fourth-order valence-electron chi connectivity index (χ4n) is 2.25. The summed E-state index contributed by atoms with van der Waals surface area (Å²) in [4.78, 5) is 0. The van der Waals surface area contributed by atoms with Gasteiger partial charge in [0.2, 0.25) is 0 Å². The van der Waals surface area contributed by atoms with Crippen LogP contribution in [0.2, 0.25) is 5.02 Å². The summed E-state index contributed by atoms with van der Waals surface area (Å²) in [5, 5.41) is 14.3. The Balaban J connectivity index is 2.22. The molecule has 2 unspecified atom stereocenters. The fourth-order valence-corrected chi connectivity index (χ4v) is 3.67. The summed E-state index contributed by atoms with van der Waals surface area (Å²) in [6.07, 6.45) is 2.12. The van der Waals surface area contributed by atoms with Gasteiger partial charge in [-0.1, -0.05) is 30.7 Å². The molecule has 2 nitrogen and oxygen atoms in total. The minimum absolute atomic E-state index is 0.145. The van der Waals surface area contributed by atoms with Crippen LogP contribution in [0, 0.1) is 0 Å². The van der Waals surface area contributed by atoms with Crippen molar-refractivity contribution in [2.24, 2.45) is 0 Å². The van der Waals surface area contributed by atoms with Gasteiger partial charge in [0.05, 0.1) is 22.9 Å². The number of halogens is 1. The molecule has 1 aliphatic heterocycles. The Morgan fingerprint density at radius 2 is 2.29 bits per heavy atom. The first-order valence-electron chi connectivity index (χ1n) is 5.93. The predicted molar refractivity (Wildman–Crippen MR) is 76.0 cm³/mol. The van der Waals surface area contributed by atoms with E-state index in [-0.39, 0.29) is 12.1 Å². The highest BCUT2D eigenvalue weighted by atomic mass is 35.5. The smallest absolute Gasteiger partial charge is 0.0720 e. The van der Waals surface area contributed by atoms with Crippen LogP contribution >= 0.6 is 23.4 Å². The molecule has 2 atom stereocenters. The van der Waals surface area contributed by atoms with Gasteiger partial charge in [0.1, 0.15) is 0 Å². The standard InChI is InChI=1S/C13H18ClNOS/c1-10-13(9-16,7-4-8-17-10)15-12-6-3-2-5-11(12)14/h2-3,5-6,10,15-16H,4,7-9H2,1H3. The lowest BCUT2D eigenvalue weighted by Crippen LogP contribution is -2.52. The number of benzene rings is 1. The average molecular weight is 272 g/mol. The van der Waals surface area contributed by atoms with Gasteiger partial charge in [0.25, 0.3) is 0 Å². The minimum atomic E-state index is -0.242. The second kappa shape index (κ2) is 5.51. The summed E-state index contributed by atoms with van der Waals surface area (Å²) in [5.74, 6) is 1.17. The summed E-state index contributed by atoms with van der Waals surface area (Å²) in [7, 11) is 0. The molecule has 0 radical (unpaired) electrons. The molecule has 1 aromatic carbocycles. The van der Waals surface area contributed by atoms with Gasteiger partial charge in [-0.25, -0.2) is 0 Å². The molecule has 1 fully saturated rings. The van der Waals surface area contributed by atoms with Crippen LogP contribution in [0.3, 0.4) is 0 Å². The topological polar surface area (TPSA) is 32.3 Å². The molecule has 17 heavy (non-hydrogen) atoms. The lowest BCUT2D eigenvalue weighted by molar-refractivity contribution is 0.198. The second-order valence-electron chi connectivity index (χ2n) is 4.54. The predicted octanol–water partition coefficient (Wildman–Crippen LogP) is 3.40. The first-order valence-corrected chi connectivity index (χ1v) is 7.36. The van der Waals surface area contributed by atoms with Crippen molar-refractivity contribution in [2.75, 3.05) is 17.7 Å². The van der Waals surface area contributed by atoms with Gasteiger partial charge in [-0.15, -0.1) is 0 Å². The van der Waals surface area contributed by atoms with Gasteiger partial charge in [-0.05, 0) is 30.7 Å².